The summed E-state index contributed by atoms with van der Waals surface area (Å²) >= 11 is 0. The molecule has 0 aliphatic heterocycles. The fraction of sp³-hybridized carbons (Fsp3) is 0.364. The van der Waals surface area contributed by atoms with Gasteiger partial charge in [-0.15, -0.1) is 0 Å². The van der Waals surface area contributed by atoms with Crippen molar-refractivity contribution in [3.8, 4) is 0 Å². The van der Waals surface area contributed by atoms with Crippen LogP contribution in [0.5, 0.6) is 0 Å². The van der Waals surface area contributed by atoms with Gasteiger partial charge in [-0.25, -0.2) is 0 Å². The molecule has 0 radical (unpaired) electrons. The van der Waals surface area contributed by atoms with E-state index in [1.165, 1.54) is 23.1 Å². The Hall–Kier alpha value is -1.95. The highest BCUT2D eigenvalue weighted by Crippen LogP contribution is 2.19. The molecule has 1 rings (SSSR count). The number of carbonyl (C=O) groups is 1. The Kier molecular flexibility index (Phi) is 4.17. The highest BCUT2D eigenvalue weighted by atomic mass is 16.6. The van der Waals surface area contributed by atoms with Gasteiger partial charge < -0.3 is 10.0 Å². The Bertz CT molecular complexity index is 445. The summed E-state index contributed by atoms with van der Waals surface area (Å²) in [5.74, 6) is -0.267. The number of hydrogen-bond donors (Lipinski definition) is 1. The molecule has 1 amide bonds. The third-order valence-electron chi connectivity index (χ3n) is 2.42. The summed E-state index contributed by atoms with van der Waals surface area (Å²) in [5, 5.41) is 19.3. The van der Waals surface area contributed by atoms with Crippen LogP contribution in [-0.4, -0.2) is 41.0 Å². The van der Waals surface area contributed by atoms with Crippen LogP contribution in [0, 0.1) is 17.0 Å². The Balaban J connectivity index is 2.97. The van der Waals surface area contributed by atoms with E-state index < -0.39 is 4.92 Å². The topological polar surface area (TPSA) is 83.7 Å². The number of likely N-dealkylation sites (N-methyl/N-ethyl adjacent to an activating group) is 1. The van der Waals surface area contributed by atoms with E-state index in [9.17, 15) is 14.9 Å². The van der Waals surface area contributed by atoms with Crippen molar-refractivity contribution in [1.82, 2.24) is 4.90 Å². The molecule has 0 atom stereocenters. The van der Waals surface area contributed by atoms with E-state index in [4.69, 9.17) is 5.11 Å². The number of aryl methyl sites for hydroxylation is 1. The van der Waals surface area contributed by atoms with Crippen LogP contribution in [0.25, 0.3) is 0 Å². The summed E-state index contributed by atoms with van der Waals surface area (Å²) in [7, 11) is 1.56. The van der Waals surface area contributed by atoms with E-state index in [1.807, 2.05) is 0 Å². The van der Waals surface area contributed by atoms with Crippen LogP contribution in [0.1, 0.15) is 15.9 Å². The van der Waals surface area contributed by atoms with Crippen LogP contribution in [0.15, 0.2) is 18.2 Å². The lowest BCUT2D eigenvalue weighted by Crippen LogP contribution is -2.29. The molecule has 0 aliphatic rings. The second-order valence-corrected chi connectivity index (χ2v) is 3.71. The molecular formula is C11H14N2O4. The summed E-state index contributed by atoms with van der Waals surface area (Å²) in [5.41, 5.74) is 0.814. The number of nitro benzene ring substituents is 1. The van der Waals surface area contributed by atoms with Gasteiger partial charge in [0.25, 0.3) is 11.6 Å². The smallest absolute Gasteiger partial charge is 0.272 e. The van der Waals surface area contributed by atoms with Crippen molar-refractivity contribution in [3.05, 3.63) is 39.4 Å². The number of aliphatic hydroxyl groups excluding tert-OH is 1. The van der Waals surface area contributed by atoms with Crippen molar-refractivity contribution in [3.63, 3.8) is 0 Å². The van der Waals surface area contributed by atoms with E-state index in [-0.39, 0.29) is 24.7 Å². The normalized spacial score (nSPS) is 10.1. The van der Waals surface area contributed by atoms with Crippen LogP contribution in [-0.2, 0) is 0 Å². The number of benzene rings is 1. The number of nitro groups is 1. The van der Waals surface area contributed by atoms with E-state index in [0.29, 0.717) is 11.1 Å². The molecule has 0 saturated heterocycles. The second-order valence-electron chi connectivity index (χ2n) is 3.71. The summed E-state index contributed by atoms with van der Waals surface area (Å²) < 4.78 is 0. The Morgan fingerprint density at radius 2 is 2.18 bits per heavy atom. The first-order valence-corrected chi connectivity index (χ1v) is 5.08. The quantitative estimate of drug-likeness (QED) is 0.625. The molecule has 1 N–H and O–H groups in total. The van der Waals surface area contributed by atoms with Gasteiger partial charge in [0.15, 0.2) is 0 Å². The van der Waals surface area contributed by atoms with Gasteiger partial charge in [-0.1, -0.05) is 0 Å². The van der Waals surface area contributed by atoms with Crippen molar-refractivity contribution in [2.75, 3.05) is 20.2 Å². The third kappa shape index (κ3) is 3.01. The Labute approximate surface area is 98.6 Å². The van der Waals surface area contributed by atoms with Crippen LogP contribution >= 0.6 is 0 Å². The molecule has 0 aromatic heterocycles. The Morgan fingerprint density at radius 3 is 2.65 bits per heavy atom. The molecule has 92 valence electrons. The summed E-state index contributed by atoms with van der Waals surface area (Å²) in [6.45, 7) is 1.70. The molecule has 17 heavy (non-hydrogen) atoms. The molecule has 1 aromatic rings. The minimum absolute atomic E-state index is 0.00800. The average Bonchev–Trinajstić information content (AvgIpc) is 2.27. The predicted octanol–water partition coefficient (Wildman–Crippen LogP) is 0.968. The van der Waals surface area contributed by atoms with Crippen molar-refractivity contribution in [2.45, 2.75) is 6.92 Å². The van der Waals surface area contributed by atoms with Crippen molar-refractivity contribution in [2.24, 2.45) is 0 Å². The number of aliphatic hydroxyl groups is 1. The van der Waals surface area contributed by atoms with Gasteiger partial charge in [0, 0.05) is 30.8 Å². The first kappa shape index (κ1) is 13.1. The van der Waals surface area contributed by atoms with Crippen molar-refractivity contribution in [1.29, 1.82) is 0 Å². The minimum atomic E-state index is -0.485. The molecule has 0 fully saturated rings. The van der Waals surface area contributed by atoms with Gasteiger partial charge in [-0.2, -0.15) is 0 Å². The van der Waals surface area contributed by atoms with Gasteiger partial charge in [-0.3, -0.25) is 14.9 Å². The van der Waals surface area contributed by atoms with Crippen LogP contribution in [0.4, 0.5) is 5.69 Å². The zero-order valence-electron chi connectivity index (χ0n) is 9.71. The lowest BCUT2D eigenvalue weighted by atomic mass is 10.1. The third-order valence-corrected chi connectivity index (χ3v) is 2.42. The number of amides is 1. The van der Waals surface area contributed by atoms with Gasteiger partial charge in [0.2, 0.25) is 0 Å². The maximum absolute atomic E-state index is 11.8. The lowest BCUT2D eigenvalue weighted by Gasteiger charge is -2.15. The zero-order chi connectivity index (χ0) is 13.0. The van der Waals surface area contributed by atoms with Crippen LogP contribution in [0.2, 0.25) is 0 Å². The molecule has 0 heterocycles. The maximum Gasteiger partial charge on any atom is 0.272 e. The highest BCUT2D eigenvalue weighted by molar-refractivity contribution is 5.94. The maximum atomic E-state index is 11.8. The molecule has 1 aromatic carbocycles. The summed E-state index contributed by atoms with van der Waals surface area (Å²) in [4.78, 5) is 23.3. The zero-order valence-corrected chi connectivity index (χ0v) is 9.71. The average molecular weight is 238 g/mol. The fourth-order valence-corrected chi connectivity index (χ4v) is 1.47. The molecule has 0 bridgehead atoms. The van der Waals surface area contributed by atoms with Gasteiger partial charge in [-0.05, 0) is 19.1 Å². The molecule has 0 aliphatic carbocycles. The highest BCUT2D eigenvalue weighted by Gasteiger charge is 2.15. The fourth-order valence-electron chi connectivity index (χ4n) is 1.47. The summed E-state index contributed by atoms with van der Waals surface area (Å²) in [6.07, 6.45) is 0. The first-order valence-electron chi connectivity index (χ1n) is 5.08. The molecule has 0 spiro atoms. The predicted molar refractivity (Wildman–Crippen MR) is 61.9 cm³/mol. The van der Waals surface area contributed by atoms with Gasteiger partial charge >= 0.3 is 0 Å². The minimum Gasteiger partial charge on any atom is -0.395 e. The monoisotopic (exact) mass is 238 g/mol. The molecular weight excluding hydrogens is 224 g/mol. The van der Waals surface area contributed by atoms with E-state index in [1.54, 1.807) is 14.0 Å². The van der Waals surface area contributed by atoms with E-state index in [2.05, 4.69) is 0 Å². The Morgan fingerprint density at radius 1 is 1.53 bits per heavy atom. The molecule has 0 unspecified atom stereocenters. The van der Waals surface area contributed by atoms with Gasteiger partial charge in [0.1, 0.15) is 0 Å². The number of rotatable bonds is 4. The van der Waals surface area contributed by atoms with E-state index >= 15 is 0 Å². The molecule has 0 saturated carbocycles. The number of carbonyl (C=O) groups excluding carboxylic acids is 1. The van der Waals surface area contributed by atoms with Crippen LogP contribution < -0.4 is 0 Å². The first-order chi connectivity index (χ1) is 7.97. The van der Waals surface area contributed by atoms with E-state index in [0.717, 1.165) is 0 Å². The number of nitrogens with zero attached hydrogens (tertiary/aromatic N) is 2. The van der Waals surface area contributed by atoms with Gasteiger partial charge in [0.05, 0.1) is 11.5 Å². The summed E-state index contributed by atoms with van der Waals surface area (Å²) in [6, 6.07) is 4.21. The largest absolute Gasteiger partial charge is 0.395 e. The molecule has 6 nitrogen and oxygen atoms in total. The van der Waals surface area contributed by atoms with Crippen molar-refractivity contribution >= 4 is 11.6 Å². The lowest BCUT2D eigenvalue weighted by molar-refractivity contribution is -0.385. The van der Waals surface area contributed by atoms with Crippen molar-refractivity contribution < 1.29 is 14.8 Å². The van der Waals surface area contributed by atoms with Crippen LogP contribution in [0.3, 0.4) is 0 Å². The number of hydrogen-bond acceptors (Lipinski definition) is 4. The second kappa shape index (κ2) is 5.40. The standard InChI is InChI=1S/C11H14N2O4/c1-8-7-9(3-4-10(8)13(16)17)11(15)12(2)5-6-14/h3-4,7,14H,5-6H2,1-2H3. The molecule has 6 heteroatoms. The SMILES string of the molecule is Cc1cc(C(=O)N(C)CCO)ccc1[N+](=O)[O-].